The summed E-state index contributed by atoms with van der Waals surface area (Å²) in [7, 11) is -2.40. The van der Waals surface area contributed by atoms with Gasteiger partial charge in [0.25, 0.3) is 0 Å². The predicted octanol–water partition coefficient (Wildman–Crippen LogP) is 3.17. The molecule has 33 heavy (non-hydrogen) atoms. The summed E-state index contributed by atoms with van der Waals surface area (Å²) in [4.78, 5) is 27.6. The Morgan fingerprint density at radius 2 is 1.76 bits per heavy atom. The number of para-hydroxylation sites is 2. The molecule has 0 spiro atoms. The molecule has 10 heteroatoms. The summed E-state index contributed by atoms with van der Waals surface area (Å²) in [6, 6.07) is 13.0. The van der Waals surface area contributed by atoms with Crippen molar-refractivity contribution in [2.24, 2.45) is 0 Å². The summed E-state index contributed by atoms with van der Waals surface area (Å²) in [5.74, 6) is -0.519. The van der Waals surface area contributed by atoms with Crippen LogP contribution < -0.4 is 14.4 Å². The Morgan fingerprint density at radius 1 is 1.09 bits per heavy atom. The summed E-state index contributed by atoms with van der Waals surface area (Å²) < 4.78 is 32.4. The second-order valence-corrected chi connectivity index (χ2v) is 10.8. The number of carbonyl (C=O) groups excluding carboxylic acids is 2. The SMILES string of the molecule is COc1ccccc1N(CC(=O)N(Cc1cccc(Br)c1)C(C)C(=O)NC(C)C)S(C)(=O)=O. The Morgan fingerprint density at radius 3 is 2.33 bits per heavy atom. The monoisotopic (exact) mass is 539 g/mol. The minimum absolute atomic E-state index is 0.108. The van der Waals surface area contributed by atoms with Crippen molar-refractivity contribution in [2.45, 2.75) is 39.4 Å². The molecular formula is C23H30BrN3O5S. The molecule has 2 aromatic rings. The van der Waals surface area contributed by atoms with E-state index in [2.05, 4.69) is 21.2 Å². The highest BCUT2D eigenvalue weighted by Crippen LogP contribution is 2.29. The van der Waals surface area contributed by atoms with E-state index in [1.807, 2.05) is 38.1 Å². The predicted molar refractivity (Wildman–Crippen MR) is 133 cm³/mol. The topological polar surface area (TPSA) is 96.0 Å². The average Bonchev–Trinajstić information content (AvgIpc) is 2.74. The third-order valence-corrected chi connectivity index (χ3v) is 6.49. The highest BCUT2D eigenvalue weighted by Gasteiger charge is 2.31. The largest absolute Gasteiger partial charge is 0.495 e. The number of ether oxygens (including phenoxy) is 1. The van der Waals surface area contributed by atoms with E-state index in [1.54, 1.807) is 31.2 Å². The van der Waals surface area contributed by atoms with Crippen LogP contribution in [0.25, 0.3) is 0 Å². The fourth-order valence-electron chi connectivity index (χ4n) is 3.25. The highest BCUT2D eigenvalue weighted by molar-refractivity contribution is 9.10. The van der Waals surface area contributed by atoms with E-state index in [-0.39, 0.29) is 24.2 Å². The van der Waals surface area contributed by atoms with Gasteiger partial charge in [0.05, 0.1) is 19.1 Å². The molecule has 1 atom stereocenters. The van der Waals surface area contributed by atoms with Gasteiger partial charge in [0.2, 0.25) is 21.8 Å². The zero-order valence-electron chi connectivity index (χ0n) is 19.4. The number of nitrogens with zero attached hydrogens (tertiary/aromatic N) is 2. The van der Waals surface area contributed by atoms with Crippen molar-refractivity contribution in [1.29, 1.82) is 0 Å². The summed E-state index contributed by atoms with van der Waals surface area (Å²) in [5, 5.41) is 2.81. The molecule has 180 valence electrons. The Bertz CT molecular complexity index is 1090. The Hall–Kier alpha value is -2.59. The van der Waals surface area contributed by atoms with Gasteiger partial charge < -0.3 is 15.0 Å². The second kappa shape index (κ2) is 11.5. The van der Waals surface area contributed by atoms with Crippen LogP contribution in [0.5, 0.6) is 5.75 Å². The molecule has 0 aliphatic carbocycles. The maximum Gasteiger partial charge on any atom is 0.244 e. The van der Waals surface area contributed by atoms with Crippen LogP contribution in [0.3, 0.4) is 0 Å². The van der Waals surface area contributed by atoms with Gasteiger partial charge in [-0.15, -0.1) is 0 Å². The lowest BCUT2D eigenvalue weighted by molar-refractivity contribution is -0.139. The first-order valence-electron chi connectivity index (χ1n) is 10.4. The van der Waals surface area contributed by atoms with Crippen LogP contribution >= 0.6 is 15.9 Å². The third kappa shape index (κ3) is 7.46. The molecule has 0 saturated heterocycles. The number of amides is 2. The smallest absolute Gasteiger partial charge is 0.244 e. The van der Waals surface area contributed by atoms with Crippen LogP contribution in [0, 0.1) is 0 Å². The van der Waals surface area contributed by atoms with E-state index in [9.17, 15) is 18.0 Å². The molecule has 8 nitrogen and oxygen atoms in total. The molecule has 0 bridgehead atoms. The lowest BCUT2D eigenvalue weighted by Gasteiger charge is -2.32. The molecule has 0 saturated carbocycles. The first-order valence-corrected chi connectivity index (χ1v) is 13.0. The van der Waals surface area contributed by atoms with Crippen molar-refractivity contribution < 1.29 is 22.7 Å². The number of hydrogen-bond acceptors (Lipinski definition) is 5. The molecule has 0 heterocycles. The lowest BCUT2D eigenvalue weighted by Crippen LogP contribution is -2.52. The van der Waals surface area contributed by atoms with Crippen molar-refractivity contribution in [2.75, 3.05) is 24.2 Å². The standard InChI is InChI=1S/C23H30BrN3O5S/c1-16(2)25-23(29)17(3)26(14-18-9-8-10-19(24)13-18)22(28)15-27(33(5,30)31)20-11-6-7-12-21(20)32-4/h6-13,16-17H,14-15H2,1-5H3,(H,25,29). The van der Waals surface area contributed by atoms with Crippen molar-refractivity contribution >= 4 is 43.5 Å². The van der Waals surface area contributed by atoms with E-state index in [4.69, 9.17) is 4.74 Å². The van der Waals surface area contributed by atoms with E-state index in [1.165, 1.54) is 12.0 Å². The van der Waals surface area contributed by atoms with Gasteiger partial charge in [0, 0.05) is 17.1 Å². The molecule has 0 fully saturated rings. The first-order chi connectivity index (χ1) is 15.4. The zero-order chi connectivity index (χ0) is 24.8. The molecule has 1 unspecified atom stereocenters. The Labute approximate surface area is 204 Å². The summed E-state index contributed by atoms with van der Waals surface area (Å²) in [6.45, 7) is 4.94. The minimum atomic E-state index is -3.83. The van der Waals surface area contributed by atoms with Crippen molar-refractivity contribution in [3.63, 3.8) is 0 Å². The molecule has 0 aromatic heterocycles. The van der Waals surface area contributed by atoms with Crippen LogP contribution in [0.4, 0.5) is 5.69 Å². The number of anilines is 1. The minimum Gasteiger partial charge on any atom is -0.495 e. The van der Waals surface area contributed by atoms with Gasteiger partial charge in [-0.3, -0.25) is 13.9 Å². The fourth-order valence-corrected chi connectivity index (χ4v) is 4.55. The molecule has 2 aromatic carbocycles. The average molecular weight is 540 g/mol. The number of hydrogen-bond donors (Lipinski definition) is 1. The van der Waals surface area contributed by atoms with Crippen LogP contribution in [0.1, 0.15) is 26.3 Å². The van der Waals surface area contributed by atoms with E-state index < -0.39 is 28.5 Å². The highest BCUT2D eigenvalue weighted by atomic mass is 79.9. The fraction of sp³-hybridized carbons (Fsp3) is 0.391. The van der Waals surface area contributed by atoms with Gasteiger partial charge in [-0.2, -0.15) is 0 Å². The molecule has 2 amide bonds. The maximum absolute atomic E-state index is 13.5. The summed E-state index contributed by atoms with van der Waals surface area (Å²) in [6.07, 6.45) is 1.03. The molecule has 0 aliphatic rings. The second-order valence-electron chi connectivity index (χ2n) is 7.93. The van der Waals surface area contributed by atoms with Crippen molar-refractivity contribution in [3.8, 4) is 5.75 Å². The van der Waals surface area contributed by atoms with Crippen molar-refractivity contribution in [3.05, 3.63) is 58.6 Å². The lowest BCUT2D eigenvalue weighted by atomic mass is 10.1. The number of rotatable bonds is 10. The third-order valence-electron chi connectivity index (χ3n) is 4.87. The summed E-state index contributed by atoms with van der Waals surface area (Å²) >= 11 is 3.42. The number of sulfonamides is 1. The van der Waals surface area contributed by atoms with Crippen LogP contribution in [-0.2, 0) is 26.2 Å². The Balaban J connectivity index is 2.43. The normalized spacial score (nSPS) is 12.2. The number of carbonyl (C=O) groups is 2. The number of methoxy groups -OCH3 is 1. The van der Waals surface area contributed by atoms with Crippen LogP contribution in [0.2, 0.25) is 0 Å². The van der Waals surface area contributed by atoms with Gasteiger partial charge in [-0.1, -0.05) is 40.2 Å². The van der Waals surface area contributed by atoms with Crippen molar-refractivity contribution in [1.82, 2.24) is 10.2 Å². The molecular weight excluding hydrogens is 510 g/mol. The van der Waals surface area contributed by atoms with Gasteiger partial charge in [0.1, 0.15) is 18.3 Å². The van der Waals surface area contributed by atoms with Gasteiger partial charge in [-0.25, -0.2) is 8.42 Å². The number of halogens is 1. The summed E-state index contributed by atoms with van der Waals surface area (Å²) in [5.41, 5.74) is 1.04. The van der Waals surface area contributed by atoms with E-state index in [0.29, 0.717) is 5.75 Å². The van der Waals surface area contributed by atoms with Crippen LogP contribution in [-0.4, -0.2) is 57.1 Å². The van der Waals surface area contributed by atoms with Gasteiger partial charge >= 0.3 is 0 Å². The van der Waals surface area contributed by atoms with Crippen LogP contribution in [0.15, 0.2) is 53.0 Å². The Kier molecular flexibility index (Phi) is 9.30. The molecule has 0 radical (unpaired) electrons. The van der Waals surface area contributed by atoms with E-state index in [0.717, 1.165) is 20.6 Å². The molecule has 0 aliphatic heterocycles. The number of benzene rings is 2. The molecule has 1 N–H and O–H groups in total. The van der Waals surface area contributed by atoms with E-state index >= 15 is 0 Å². The van der Waals surface area contributed by atoms with Gasteiger partial charge in [-0.05, 0) is 50.6 Å². The zero-order valence-corrected chi connectivity index (χ0v) is 21.8. The number of nitrogens with one attached hydrogen (secondary N) is 1. The van der Waals surface area contributed by atoms with Gasteiger partial charge in [0.15, 0.2) is 0 Å². The maximum atomic E-state index is 13.5. The molecule has 2 rings (SSSR count). The first kappa shape index (κ1) is 26.7. The quantitative estimate of drug-likeness (QED) is 0.500.